The van der Waals surface area contributed by atoms with E-state index < -0.39 is 86.4 Å². The summed E-state index contributed by atoms with van der Waals surface area (Å²) in [7, 11) is 0. The maximum absolute atomic E-state index is 9.11. The lowest BCUT2D eigenvalue weighted by Crippen LogP contribution is -2.34. The van der Waals surface area contributed by atoms with Gasteiger partial charge in [0, 0.05) is 40.9 Å². The Hall–Kier alpha value is -8.02. The molecule has 5 heteroatoms. The van der Waals surface area contributed by atoms with Crippen LogP contribution < -0.4 is 9.30 Å². The van der Waals surface area contributed by atoms with Gasteiger partial charge >= 0.3 is 0 Å². The molecule has 0 aliphatic rings. The Morgan fingerprint density at radius 3 is 2.05 bits per heavy atom. The topological polar surface area (TPSA) is 35.9 Å². The number of imidazole rings is 1. The van der Waals surface area contributed by atoms with Crippen molar-refractivity contribution in [2.24, 2.45) is 0 Å². The number of ether oxygens (including phenoxy) is 1. The summed E-state index contributed by atoms with van der Waals surface area (Å²) in [6.45, 7) is -2.36. The molecule has 320 valence electrons. The molecule has 0 saturated carbocycles. The summed E-state index contributed by atoms with van der Waals surface area (Å²) in [4.78, 5) is 4.69. The minimum absolute atomic E-state index is 0.00156. The van der Waals surface area contributed by atoms with Crippen molar-refractivity contribution in [2.75, 3.05) is 0 Å². The molecule has 0 N–H and O–H groups in total. The molecule has 3 heterocycles. The fourth-order valence-electron chi connectivity index (χ4n) is 8.69. The molecule has 8 aromatic carbocycles. The maximum Gasteiger partial charge on any atom is 0.269 e. The average molecular weight is 874 g/mol. The van der Waals surface area contributed by atoms with Gasteiger partial charge in [-0.3, -0.25) is 13.7 Å². The van der Waals surface area contributed by atoms with Gasteiger partial charge in [-0.05, 0) is 125 Å². The Bertz CT molecular complexity index is 4500. The van der Waals surface area contributed by atoms with E-state index in [0.29, 0.717) is 56.1 Å². The van der Waals surface area contributed by atoms with Crippen LogP contribution >= 0.6 is 0 Å². The van der Waals surface area contributed by atoms with Gasteiger partial charge in [-0.15, -0.1) is 0 Å². The van der Waals surface area contributed by atoms with Crippen molar-refractivity contribution in [3.05, 3.63) is 223 Å². The minimum atomic E-state index is -2.83. The molecule has 11 aromatic rings. The third-order valence-electron chi connectivity index (χ3n) is 11.7. The Morgan fingerprint density at radius 2 is 1.29 bits per heavy atom. The number of fused-ring (bicyclic) bond motifs is 4. The highest BCUT2D eigenvalue weighted by Crippen LogP contribution is 2.39. The van der Waals surface area contributed by atoms with E-state index in [1.807, 2.05) is 57.2 Å². The zero-order valence-electron chi connectivity index (χ0n) is 54.9. The quantitative estimate of drug-likeness (QED) is 0.113. The van der Waals surface area contributed by atoms with Gasteiger partial charge in [-0.2, -0.15) is 0 Å². The van der Waals surface area contributed by atoms with E-state index in [1.165, 1.54) is 30.5 Å². The minimum Gasteiger partial charge on any atom is -0.458 e. The molecular formula is C61H50N4O. The molecule has 0 amide bonds. The van der Waals surface area contributed by atoms with E-state index in [4.69, 9.17) is 35.8 Å². The Labute approximate surface area is 413 Å². The van der Waals surface area contributed by atoms with Gasteiger partial charge < -0.3 is 4.74 Å². The predicted octanol–water partition coefficient (Wildman–Crippen LogP) is 15.2. The van der Waals surface area contributed by atoms with Crippen LogP contribution in [-0.4, -0.2) is 14.1 Å². The molecule has 0 atom stereocenters. The second kappa shape index (κ2) is 16.2. The Balaban J connectivity index is 1.11. The molecule has 0 bridgehead atoms. The summed E-state index contributed by atoms with van der Waals surface area (Å²) in [6.07, 6.45) is 4.71. The number of hydrogen-bond donors (Lipinski definition) is 0. The summed E-state index contributed by atoms with van der Waals surface area (Å²) >= 11 is 0. The standard InChI is InChI=1S/C61H50N4O/c1-40-18-15-19-41(2)59(40)45-30-33-55-57(35-45)63(39-64(55)60-49(43-20-9-7-10-21-43)27-17-28-53(60)61(4,5)6)46-24-16-25-47(36-46)66-48-31-32-51-50-26-13-14-29-54(50)65(56(51)37-48)58-34-42(3)52(38-62-58)44-22-11-8-12-23-44/h7-38H,1-6H3/i1D3,2D3,3D3,7D,8D,9D,10D,11D,12D,20D,21D,22D,23D. The smallest absolute Gasteiger partial charge is 0.269 e. The van der Waals surface area contributed by atoms with Crippen molar-refractivity contribution >= 4 is 32.8 Å². The van der Waals surface area contributed by atoms with Gasteiger partial charge in [0.25, 0.3) is 6.33 Å². The summed E-state index contributed by atoms with van der Waals surface area (Å²) in [5, 5.41) is 1.54. The van der Waals surface area contributed by atoms with Crippen molar-refractivity contribution in [1.82, 2.24) is 14.1 Å². The van der Waals surface area contributed by atoms with E-state index in [-0.39, 0.29) is 50.3 Å². The van der Waals surface area contributed by atoms with Crippen LogP contribution in [0.1, 0.15) is 69.1 Å². The maximum atomic E-state index is 9.11. The molecule has 3 aromatic heterocycles. The first-order valence-corrected chi connectivity index (χ1v) is 21.1. The number of para-hydroxylation sites is 2. The number of nitrogens with zero attached hydrogens (tertiary/aromatic N) is 4. The third kappa shape index (κ3) is 7.14. The molecular weight excluding hydrogens is 805 g/mol. The molecule has 66 heavy (non-hydrogen) atoms. The van der Waals surface area contributed by atoms with Gasteiger partial charge in [0.2, 0.25) is 0 Å². The number of pyridine rings is 1. The van der Waals surface area contributed by atoms with Crippen molar-refractivity contribution < 1.29 is 35.3 Å². The van der Waals surface area contributed by atoms with Crippen LogP contribution in [-0.2, 0) is 5.41 Å². The number of aromatic nitrogens is 4. The van der Waals surface area contributed by atoms with Crippen LogP contribution in [0.3, 0.4) is 0 Å². The first-order chi connectivity index (χ1) is 39.9. The van der Waals surface area contributed by atoms with Crippen LogP contribution in [0.5, 0.6) is 11.5 Å². The zero-order chi connectivity index (χ0) is 61.3. The van der Waals surface area contributed by atoms with Crippen LogP contribution in [0.15, 0.2) is 194 Å². The molecule has 0 aliphatic heterocycles. The van der Waals surface area contributed by atoms with Gasteiger partial charge in [0.05, 0.1) is 47.1 Å². The molecule has 0 saturated heterocycles. The van der Waals surface area contributed by atoms with E-state index in [9.17, 15) is 0 Å². The first-order valence-electron chi connectivity index (χ1n) is 30.6. The van der Waals surface area contributed by atoms with E-state index in [1.54, 1.807) is 80.4 Å². The van der Waals surface area contributed by atoms with Crippen LogP contribution in [0.25, 0.3) is 83.4 Å². The van der Waals surface area contributed by atoms with Crippen molar-refractivity contribution in [3.8, 4) is 62.1 Å². The SMILES string of the molecule is [2H]c1c([2H])c([2H])c(-c2cnc(-n3c4ccccc4c4ccc(Oc5cccc(-n6[c-][n+](-c7c(-c8c([2H])c([2H])c([2H])c([2H])c8[2H])cccc7C(C)(C)C)c7ccc(-c8c(C([2H])([2H])[2H])cccc8C([2H])([2H])[2H])cc76)c5)cc43)cc2C([2H])([2H])[2H])c([2H])c1[2H]. The van der Waals surface area contributed by atoms with E-state index in [0.717, 1.165) is 10.8 Å². The van der Waals surface area contributed by atoms with Crippen molar-refractivity contribution in [3.63, 3.8) is 0 Å². The van der Waals surface area contributed by atoms with Gasteiger partial charge in [0.1, 0.15) is 17.3 Å². The fraction of sp³-hybridized carbons (Fsp3) is 0.115. The second-order valence-electron chi connectivity index (χ2n) is 16.9. The van der Waals surface area contributed by atoms with Crippen molar-refractivity contribution in [2.45, 2.75) is 46.7 Å². The van der Waals surface area contributed by atoms with Crippen molar-refractivity contribution in [1.29, 1.82) is 0 Å². The summed E-state index contributed by atoms with van der Waals surface area (Å²) < 4.78 is 175. The molecule has 5 nitrogen and oxygen atoms in total. The van der Waals surface area contributed by atoms with Crippen LogP contribution in [0.2, 0.25) is 0 Å². The van der Waals surface area contributed by atoms with Gasteiger partial charge in [-0.1, -0.05) is 154 Å². The average Bonchev–Trinajstić information content (AvgIpc) is 1.97. The van der Waals surface area contributed by atoms with Crippen LogP contribution in [0.4, 0.5) is 0 Å². The van der Waals surface area contributed by atoms with E-state index in [2.05, 4.69) is 6.33 Å². The molecule has 0 radical (unpaired) electrons. The molecule has 0 fully saturated rings. The molecule has 0 aliphatic carbocycles. The predicted molar refractivity (Wildman–Crippen MR) is 272 cm³/mol. The van der Waals surface area contributed by atoms with E-state index >= 15 is 0 Å². The lowest BCUT2D eigenvalue weighted by Gasteiger charge is -2.26. The summed E-state index contributed by atoms with van der Waals surface area (Å²) in [5.41, 5.74) is 2.42. The summed E-state index contributed by atoms with van der Waals surface area (Å²) in [5.74, 6) is 0.807. The largest absolute Gasteiger partial charge is 0.458 e. The molecule has 11 rings (SSSR count). The fourth-order valence-corrected chi connectivity index (χ4v) is 8.69. The highest BCUT2D eigenvalue weighted by atomic mass is 16.5. The lowest BCUT2D eigenvalue weighted by molar-refractivity contribution is -0.572. The Morgan fingerprint density at radius 1 is 0.591 bits per heavy atom. The number of hydrogen-bond acceptors (Lipinski definition) is 2. The molecule has 0 unspecified atom stereocenters. The normalized spacial score (nSPS) is 16.5. The highest BCUT2D eigenvalue weighted by molar-refractivity contribution is 6.09. The number of benzene rings is 8. The zero-order valence-corrected chi connectivity index (χ0v) is 35.9. The van der Waals surface area contributed by atoms with Gasteiger partial charge in [0.15, 0.2) is 0 Å². The summed E-state index contributed by atoms with van der Waals surface area (Å²) in [6, 6.07) is 30.1. The lowest BCUT2D eigenvalue weighted by atomic mass is 9.83. The first kappa shape index (κ1) is 24.9. The Kier molecular flexibility index (Phi) is 6.11. The monoisotopic (exact) mass is 874 g/mol. The van der Waals surface area contributed by atoms with Crippen LogP contribution in [0, 0.1) is 26.9 Å². The number of rotatable bonds is 8. The third-order valence-corrected chi connectivity index (χ3v) is 11.7. The highest BCUT2D eigenvalue weighted by Gasteiger charge is 2.25. The number of aryl methyl sites for hydroxylation is 3. The van der Waals surface area contributed by atoms with Gasteiger partial charge in [-0.25, -0.2) is 4.98 Å². The molecule has 0 spiro atoms. The second-order valence-corrected chi connectivity index (χ2v) is 16.9.